The van der Waals surface area contributed by atoms with Gasteiger partial charge >= 0.3 is 0 Å². The Kier molecular flexibility index (Phi) is 3.55. The topological polar surface area (TPSA) is 59.5 Å². The molecule has 120 valence electrons. The lowest BCUT2D eigenvalue weighted by molar-refractivity contribution is 0.171. The molecule has 0 aliphatic carbocycles. The van der Waals surface area contributed by atoms with Gasteiger partial charge in [0, 0.05) is 11.8 Å². The summed E-state index contributed by atoms with van der Waals surface area (Å²) in [6.45, 7) is 2.93. The Morgan fingerprint density at radius 3 is 2.79 bits per heavy atom. The van der Waals surface area contributed by atoms with E-state index in [4.69, 9.17) is 26.1 Å². The van der Waals surface area contributed by atoms with E-state index < -0.39 is 0 Å². The lowest BCUT2D eigenvalue weighted by atomic mass is 10.0. The minimum absolute atomic E-state index is 0.332. The zero-order chi connectivity index (χ0) is 16.7. The van der Waals surface area contributed by atoms with Gasteiger partial charge in [-0.3, -0.25) is 0 Å². The van der Waals surface area contributed by atoms with E-state index in [-0.39, 0.29) is 5.92 Å². The van der Waals surface area contributed by atoms with Crippen LogP contribution < -0.4 is 9.47 Å². The predicted molar refractivity (Wildman–Crippen MR) is 90.7 cm³/mol. The average Bonchev–Trinajstić information content (AvgIpc) is 2.99. The number of rotatable bonds is 2. The van der Waals surface area contributed by atoms with Gasteiger partial charge < -0.3 is 13.9 Å². The van der Waals surface area contributed by atoms with Crippen molar-refractivity contribution in [1.29, 1.82) is 5.26 Å². The quantitative estimate of drug-likeness (QED) is 0.706. The molecular weight excluding hydrogens is 326 g/mol. The fourth-order valence-corrected chi connectivity index (χ4v) is 3.08. The third kappa shape index (κ3) is 2.36. The number of halogens is 1. The Balaban J connectivity index is 1.94. The summed E-state index contributed by atoms with van der Waals surface area (Å²) in [7, 11) is 0. The van der Waals surface area contributed by atoms with Gasteiger partial charge in [0.05, 0.1) is 28.4 Å². The van der Waals surface area contributed by atoms with Crippen molar-refractivity contribution in [3.05, 3.63) is 47.2 Å². The first-order chi connectivity index (χ1) is 11.7. The molecule has 0 radical (unpaired) electrons. The third-order valence-corrected chi connectivity index (χ3v) is 4.26. The molecule has 2 aromatic heterocycles. The smallest absolute Gasteiger partial charge is 0.162 e. The van der Waals surface area contributed by atoms with Gasteiger partial charge in [0.1, 0.15) is 18.9 Å². The van der Waals surface area contributed by atoms with Crippen LogP contribution in [0.4, 0.5) is 0 Å². The molecule has 1 aliphatic rings. The molecule has 0 amide bonds. The maximum Gasteiger partial charge on any atom is 0.162 e. The van der Waals surface area contributed by atoms with E-state index in [0.717, 1.165) is 28.3 Å². The predicted octanol–water partition coefficient (Wildman–Crippen LogP) is 4.05. The number of ether oxygens (including phenoxy) is 2. The number of nitriles is 1. The number of pyridine rings is 1. The maximum atomic E-state index is 9.43. The van der Waals surface area contributed by atoms with Gasteiger partial charge in [-0.15, -0.1) is 0 Å². The van der Waals surface area contributed by atoms with Crippen LogP contribution in [0.3, 0.4) is 0 Å². The van der Waals surface area contributed by atoms with Crippen LogP contribution >= 0.6 is 11.6 Å². The van der Waals surface area contributed by atoms with Crippen LogP contribution in [0.15, 0.2) is 36.5 Å². The van der Waals surface area contributed by atoms with Crippen molar-refractivity contribution in [3.8, 4) is 28.8 Å². The zero-order valence-electron chi connectivity index (χ0n) is 13.0. The van der Waals surface area contributed by atoms with Crippen molar-refractivity contribution in [2.75, 3.05) is 13.2 Å². The van der Waals surface area contributed by atoms with Crippen LogP contribution in [0.1, 0.15) is 18.5 Å². The van der Waals surface area contributed by atoms with Gasteiger partial charge in [0.15, 0.2) is 11.5 Å². The van der Waals surface area contributed by atoms with E-state index in [1.807, 2.05) is 35.6 Å². The summed E-state index contributed by atoms with van der Waals surface area (Å²) in [6, 6.07) is 11.6. The largest absolute Gasteiger partial charge is 0.486 e. The first kappa shape index (κ1) is 14.9. The number of imidazole rings is 1. The highest BCUT2D eigenvalue weighted by molar-refractivity contribution is 6.30. The fraction of sp³-hybridized carbons (Fsp3) is 0.222. The second kappa shape index (κ2) is 5.73. The van der Waals surface area contributed by atoms with Crippen molar-refractivity contribution < 1.29 is 9.47 Å². The average molecular weight is 340 g/mol. The molecule has 4 rings (SSSR count). The zero-order valence-corrected chi connectivity index (χ0v) is 13.7. The van der Waals surface area contributed by atoms with Gasteiger partial charge in [-0.25, -0.2) is 4.98 Å². The summed E-state index contributed by atoms with van der Waals surface area (Å²) in [4.78, 5) is 4.70. The molecule has 24 heavy (non-hydrogen) atoms. The van der Waals surface area contributed by atoms with Crippen LogP contribution in [-0.4, -0.2) is 22.6 Å². The summed E-state index contributed by atoms with van der Waals surface area (Å²) in [6.07, 6.45) is 1.79. The summed E-state index contributed by atoms with van der Waals surface area (Å²) >= 11 is 6.12. The van der Waals surface area contributed by atoms with Crippen molar-refractivity contribution in [1.82, 2.24) is 9.38 Å². The number of aromatic nitrogens is 2. The molecule has 0 bridgehead atoms. The Bertz CT molecular complexity index is 974. The summed E-state index contributed by atoms with van der Waals surface area (Å²) < 4.78 is 13.1. The van der Waals surface area contributed by atoms with Gasteiger partial charge in [0.2, 0.25) is 0 Å². The summed E-state index contributed by atoms with van der Waals surface area (Å²) in [5.41, 5.74) is 3.20. The van der Waals surface area contributed by atoms with Gasteiger partial charge in [0.25, 0.3) is 0 Å². The molecule has 3 aromatic rings. The van der Waals surface area contributed by atoms with Crippen LogP contribution in [0.2, 0.25) is 5.02 Å². The van der Waals surface area contributed by atoms with Crippen LogP contribution in [0.25, 0.3) is 16.9 Å². The standard InChI is InChI=1S/C18H14ClN3O2/c1-11(9-20)18-17(21-16-5-3-13(19)10-22(16)18)12-2-4-14-15(8-12)24-7-6-23-14/h2-5,8,10-11H,6-7H2,1H3. The fourth-order valence-electron chi connectivity index (χ4n) is 2.91. The highest BCUT2D eigenvalue weighted by Crippen LogP contribution is 2.37. The van der Waals surface area contributed by atoms with Crippen molar-refractivity contribution in [2.24, 2.45) is 0 Å². The SMILES string of the molecule is CC(C#N)c1c(-c2ccc3c(c2)OCCO3)nc2ccc(Cl)cn12. The molecule has 3 heterocycles. The van der Waals surface area contributed by atoms with Gasteiger partial charge in [-0.1, -0.05) is 11.6 Å². The molecule has 1 unspecified atom stereocenters. The molecule has 0 N–H and O–H groups in total. The van der Waals surface area contributed by atoms with E-state index in [0.29, 0.717) is 24.0 Å². The Labute approximate surface area is 144 Å². The molecule has 0 spiro atoms. The van der Waals surface area contributed by atoms with Crippen LogP contribution in [0.5, 0.6) is 11.5 Å². The third-order valence-electron chi connectivity index (χ3n) is 4.04. The molecular formula is C18H14ClN3O2. The second-order valence-electron chi connectivity index (χ2n) is 5.63. The van der Waals surface area contributed by atoms with Crippen molar-refractivity contribution in [2.45, 2.75) is 12.8 Å². The van der Waals surface area contributed by atoms with Gasteiger partial charge in [-0.2, -0.15) is 5.26 Å². The van der Waals surface area contributed by atoms with Crippen LogP contribution in [0, 0.1) is 11.3 Å². The first-order valence-corrected chi connectivity index (χ1v) is 8.02. The second-order valence-corrected chi connectivity index (χ2v) is 6.07. The molecule has 5 nitrogen and oxygen atoms in total. The molecule has 0 fully saturated rings. The van der Waals surface area contributed by atoms with E-state index in [2.05, 4.69) is 6.07 Å². The molecule has 0 saturated heterocycles. The Morgan fingerprint density at radius 1 is 1.21 bits per heavy atom. The van der Waals surface area contributed by atoms with Crippen LogP contribution in [-0.2, 0) is 0 Å². The molecule has 0 saturated carbocycles. The van der Waals surface area contributed by atoms with E-state index >= 15 is 0 Å². The highest BCUT2D eigenvalue weighted by Gasteiger charge is 2.21. The molecule has 1 atom stereocenters. The lowest BCUT2D eigenvalue weighted by Crippen LogP contribution is -2.15. The normalized spacial score (nSPS) is 14.4. The van der Waals surface area contributed by atoms with E-state index in [1.165, 1.54) is 0 Å². The molecule has 1 aromatic carbocycles. The van der Waals surface area contributed by atoms with Crippen molar-refractivity contribution >= 4 is 17.2 Å². The number of benzene rings is 1. The summed E-state index contributed by atoms with van der Waals surface area (Å²) in [5.74, 6) is 1.10. The number of hydrogen-bond acceptors (Lipinski definition) is 4. The maximum absolute atomic E-state index is 9.43. The molecule has 1 aliphatic heterocycles. The Hall–Kier alpha value is -2.71. The minimum atomic E-state index is -0.332. The molecule has 6 heteroatoms. The summed E-state index contributed by atoms with van der Waals surface area (Å²) in [5, 5.41) is 10.0. The highest BCUT2D eigenvalue weighted by atomic mass is 35.5. The first-order valence-electron chi connectivity index (χ1n) is 7.64. The van der Waals surface area contributed by atoms with Crippen molar-refractivity contribution in [3.63, 3.8) is 0 Å². The minimum Gasteiger partial charge on any atom is -0.486 e. The number of nitrogens with zero attached hydrogens (tertiary/aromatic N) is 3. The monoisotopic (exact) mass is 339 g/mol. The van der Waals surface area contributed by atoms with Gasteiger partial charge in [-0.05, 0) is 37.3 Å². The van der Waals surface area contributed by atoms with E-state index in [9.17, 15) is 5.26 Å². The number of hydrogen-bond donors (Lipinski definition) is 0. The lowest BCUT2D eigenvalue weighted by Gasteiger charge is -2.18. The Morgan fingerprint density at radius 2 is 2.00 bits per heavy atom. The number of fused-ring (bicyclic) bond motifs is 2. The van der Waals surface area contributed by atoms with E-state index in [1.54, 1.807) is 12.3 Å².